The molecule has 0 saturated heterocycles. The molecule has 2 N–H and O–H groups in total. The summed E-state index contributed by atoms with van der Waals surface area (Å²) in [5.74, 6) is 0. The van der Waals surface area contributed by atoms with Crippen molar-refractivity contribution in [1.82, 2.24) is 9.55 Å². The zero-order chi connectivity index (χ0) is 16.4. The van der Waals surface area contributed by atoms with Crippen LogP contribution < -0.4 is 16.4 Å². The summed E-state index contributed by atoms with van der Waals surface area (Å²) in [6.07, 6.45) is 1.73. The van der Waals surface area contributed by atoms with Crippen LogP contribution in [0.4, 0.5) is 5.69 Å². The fourth-order valence-electron chi connectivity index (χ4n) is 2.46. The van der Waals surface area contributed by atoms with Crippen LogP contribution in [-0.2, 0) is 13.1 Å². The van der Waals surface area contributed by atoms with Crippen LogP contribution in [-0.4, -0.2) is 9.55 Å². The summed E-state index contributed by atoms with van der Waals surface area (Å²) in [6, 6.07) is 10.6. The van der Waals surface area contributed by atoms with Gasteiger partial charge in [0.15, 0.2) is 0 Å². The SMILES string of the molecule is CCn1cccc(NCc2cc3cc(Cl)ccc3[nH]c2=O)c1=O. The highest BCUT2D eigenvalue weighted by molar-refractivity contribution is 6.31. The smallest absolute Gasteiger partial charge is 0.273 e. The average molecular weight is 330 g/mol. The van der Waals surface area contributed by atoms with Crippen molar-refractivity contribution in [1.29, 1.82) is 0 Å². The second kappa shape index (κ2) is 6.30. The van der Waals surface area contributed by atoms with Gasteiger partial charge in [-0.25, -0.2) is 0 Å². The molecule has 6 heteroatoms. The highest BCUT2D eigenvalue weighted by Gasteiger charge is 2.06. The van der Waals surface area contributed by atoms with E-state index in [4.69, 9.17) is 11.6 Å². The molecular formula is C17H16ClN3O2. The standard InChI is InChI=1S/C17H16ClN3O2/c1-2-21-7-3-4-15(17(21)23)19-10-12-8-11-9-13(18)5-6-14(11)20-16(12)22/h3-9,19H,2,10H2,1H3,(H,20,22). The van der Waals surface area contributed by atoms with E-state index in [9.17, 15) is 9.59 Å². The summed E-state index contributed by atoms with van der Waals surface area (Å²) in [5, 5.41) is 4.50. The van der Waals surface area contributed by atoms with E-state index < -0.39 is 0 Å². The number of hydrogen-bond acceptors (Lipinski definition) is 3. The number of nitrogens with one attached hydrogen (secondary N) is 2. The number of aromatic nitrogens is 2. The Kier molecular flexibility index (Phi) is 4.21. The molecule has 3 aromatic rings. The summed E-state index contributed by atoms with van der Waals surface area (Å²) in [5.41, 5.74) is 1.47. The third-order valence-corrected chi connectivity index (χ3v) is 3.95. The van der Waals surface area contributed by atoms with E-state index in [0.29, 0.717) is 22.8 Å². The summed E-state index contributed by atoms with van der Waals surface area (Å²) in [4.78, 5) is 27.1. The fourth-order valence-corrected chi connectivity index (χ4v) is 2.65. The molecule has 0 saturated carbocycles. The maximum absolute atomic E-state index is 12.2. The monoisotopic (exact) mass is 329 g/mol. The Morgan fingerprint density at radius 3 is 2.83 bits per heavy atom. The number of benzene rings is 1. The molecule has 0 amide bonds. The lowest BCUT2D eigenvalue weighted by Gasteiger charge is -2.09. The van der Waals surface area contributed by atoms with Gasteiger partial charge in [0.25, 0.3) is 11.1 Å². The molecule has 1 aromatic carbocycles. The Hall–Kier alpha value is -2.53. The Bertz CT molecular complexity index is 975. The second-order valence-corrected chi connectivity index (χ2v) is 5.66. The highest BCUT2D eigenvalue weighted by Crippen LogP contribution is 2.17. The van der Waals surface area contributed by atoms with Crippen molar-refractivity contribution in [2.75, 3.05) is 5.32 Å². The zero-order valence-corrected chi connectivity index (χ0v) is 13.4. The average Bonchev–Trinajstić information content (AvgIpc) is 2.54. The number of H-pyrrole nitrogens is 1. The van der Waals surface area contributed by atoms with Crippen molar-refractivity contribution < 1.29 is 0 Å². The molecule has 0 fully saturated rings. The number of fused-ring (bicyclic) bond motifs is 1. The van der Waals surface area contributed by atoms with E-state index in [2.05, 4.69) is 10.3 Å². The first-order chi connectivity index (χ1) is 11.1. The number of rotatable bonds is 4. The predicted molar refractivity (Wildman–Crippen MR) is 93.3 cm³/mol. The fraction of sp³-hybridized carbons (Fsp3) is 0.176. The lowest BCUT2D eigenvalue weighted by molar-refractivity contribution is 0.728. The second-order valence-electron chi connectivity index (χ2n) is 5.22. The van der Waals surface area contributed by atoms with Gasteiger partial charge in [-0.15, -0.1) is 0 Å². The number of hydrogen-bond donors (Lipinski definition) is 2. The summed E-state index contributed by atoms with van der Waals surface area (Å²) in [6.45, 7) is 2.77. The quantitative estimate of drug-likeness (QED) is 0.773. The van der Waals surface area contributed by atoms with Gasteiger partial charge < -0.3 is 14.9 Å². The van der Waals surface area contributed by atoms with Gasteiger partial charge in [0.2, 0.25) is 0 Å². The number of pyridine rings is 2. The molecule has 0 atom stereocenters. The van der Waals surface area contributed by atoms with Crippen molar-refractivity contribution in [2.45, 2.75) is 20.0 Å². The van der Waals surface area contributed by atoms with Crippen LogP contribution in [0.1, 0.15) is 12.5 Å². The minimum Gasteiger partial charge on any atom is -0.376 e. The first-order valence-corrected chi connectivity index (χ1v) is 7.71. The maximum atomic E-state index is 12.2. The van der Waals surface area contributed by atoms with Crippen LogP contribution in [0.25, 0.3) is 10.9 Å². The van der Waals surface area contributed by atoms with E-state index in [-0.39, 0.29) is 17.7 Å². The molecule has 5 nitrogen and oxygen atoms in total. The highest BCUT2D eigenvalue weighted by atomic mass is 35.5. The molecule has 0 aliphatic carbocycles. The lowest BCUT2D eigenvalue weighted by Crippen LogP contribution is -2.23. The van der Waals surface area contributed by atoms with Gasteiger partial charge in [0.1, 0.15) is 5.69 Å². The molecule has 0 radical (unpaired) electrons. The Labute approximate surface area is 137 Å². The van der Waals surface area contributed by atoms with Gasteiger partial charge in [-0.1, -0.05) is 11.6 Å². The molecule has 23 heavy (non-hydrogen) atoms. The van der Waals surface area contributed by atoms with Gasteiger partial charge in [-0.2, -0.15) is 0 Å². The van der Waals surface area contributed by atoms with Crippen LogP contribution >= 0.6 is 11.6 Å². The summed E-state index contributed by atoms with van der Waals surface area (Å²) in [7, 11) is 0. The minimum atomic E-state index is -0.181. The molecule has 0 spiro atoms. The van der Waals surface area contributed by atoms with Gasteiger partial charge in [0, 0.05) is 40.8 Å². The minimum absolute atomic E-state index is 0.102. The van der Waals surface area contributed by atoms with E-state index in [1.165, 1.54) is 0 Å². The van der Waals surface area contributed by atoms with Crippen LogP contribution in [0.3, 0.4) is 0 Å². The Balaban J connectivity index is 1.91. The van der Waals surface area contributed by atoms with Gasteiger partial charge in [-0.3, -0.25) is 9.59 Å². The van der Waals surface area contributed by atoms with Crippen molar-refractivity contribution in [2.24, 2.45) is 0 Å². The number of anilines is 1. The van der Waals surface area contributed by atoms with E-state index in [1.54, 1.807) is 47.2 Å². The van der Waals surface area contributed by atoms with Crippen LogP contribution in [0.15, 0.2) is 52.2 Å². The zero-order valence-electron chi connectivity index (χ0n) is 12.6. The molecule has 0 unspecified atom stereocenters. The van der Waals surface area contributed by atoms with Gasteiger partial charge >= 0.3 is 0 Å². The predicted octanol–water partition coefficient (Wildman–Crippen LogP) is 2.98. The van der Waals surface area contributed by atoms with Crippen LogP contribution in [0, 0.1) is 0 Å². The summed E-state index contributed by atoms with van der Waals surface area (Å²) < 4.78 is 1.60. The van der Waals surface area contributed by atoms with Gasteiger partial charge in [0.05, 0.1) is 0 Å². The van der Waals surface area contributed by atoms with Crippen molar-refractivity contribution in [3.05, 3.63) is 73.9 Å². The van der Waals surface area contributed by atoms with Crippen LogP contribution in [0.5, 0.6) is 0 Å². The number of halogens is 1. The maximum Gasteiger partial charge on any atom is 0.273 e. The largest absolute Gasteiger partial charge is 0.376 e. The summed E-state index contributed by atoms with van der Waals surface area (Å²) >= 11 is 5.99. The molecule has 0 aliphatic heterocycles. The Morgan fingerprint density at radius 1 is 1.22 bits per heavy atom. The molecule has 2 aromatic heterocycles. The number of nitrogens with zero attached hydrogens (tertiary/aromatic N) is 1. The number of aryl methyl sites for hydroxylation is 1. The van der Waals surface area contributed by atoms with E-state index in [0.717, 1.165) is 10.9 Å². The van der Waals surface area contributed by atoms with E-state index >= 15 is 0 Å². The molecular weight excluding hydrogens is 314 g/mol. The topological polar surface area (TPSA) is 66.9 Å². The van der Waals surface area contributed by atoms with Crippen molar-refractivity contribution in [3.8, 4) is 0 Å². The normalized spacial score (nSPS) is 10.9. The third-order valence-electron chi connectivity index (χ3n) is 3.71. The van der Waals surface area contributed by atoms with Crippen LogP contribution in [0.2, 0.25) is 5.02 Å². The molecule has 2 heterocycles. The lowest BCUT2D eigenvalue weighted by atomic mass is 10.1. The molecule has 0 bridgehead atoms. The van der Waals surface area contributed by atoms with Crippen molar-refractivity contribution in [3.63, 3.8) is 0 Å². The first-order valence-electron chi connectivity index (χ1n) is 7.33. The first kappa shape index (κ1) is 15.4. The Morgan fingerprint density at radius 2 is 2.04 bits per heavy atom. The molecule has 3 rings (SSSR count). The molecule has 118 valence electrons. The van der Waals surface area contributed by atoms with E-state index in [1.807, 2.05) is 6.92 Å². The number of aromatic amines is 1. The van der Waals surface area contributed by atoms with Gasteiger partial charge in [-0.05, 0) is 43.3 Å². The molecule has 0 aliphatic rings. The van der Waals surface area contributed by atoms with Crippen molar-refractivity contribution >= 4 is 28.2 Å². The third kappa shape index (κ3) is 3.14.